The predicted molar refractivity (Wildman–Crippen MR) is 183 cm³/mol. The molecule has 0 saturated carbocycles. The van der Waals surface area contributed by atoms with Crippen molar-refractivity contribution in [1.82, 2.24) is 58.1 Å². The van der Waals surface area contributed by atoms with E-state index in [0.717, 1.165) is 43.5 Å². The number of fused-ring (bicyclic) bond motifs is 6. The van der Waals surface area contributed by atoms with Crippen LogP contribution in [0.2, 0.25) is 0 Å². The zero-order chi connectivity index (χ0) is 32.1. The molecule has 12 nitrogen and oxygen atoms in total. The number of H-pyrrole nitrogens is 1. The molecule has 237 valence electrons. The Morgan fingerprint density at radius 2 is 1.02 bits per heavy atom. The number of pyridine rings is 2. The fourth-order valence-corrected chi connectivity index (χ4v) is 4.85. The van der Waals surface area contributed by atoms with Crippen molar-refractivity contribution >= 4 is 44.2 Å². The maximum atomic E-state index is 4.82. The quantitative estimate of drug-likeness (QED) is 0.161. The summed E-state index contributed by atoms with van der Waals surface area (Å²) >= 11 is 1.68. The first-order valence-corrected chi connectivity index (χ1v) is 15.1. The van der Waals surface area contributed by atoms with E-state index in [2.05, 4.69) is 58.5 Å². The monoisotopic (exact) mass is 732 g/mol. The Hall–Kier alpha value is -5.33. The van der Waals surface area contributed by atoms with E-state index in [-0.39, 0.29) is 19.5 Å². The molecule has 0 amide bonds. The van der Waals surface area contributed by atoms with Crippen molar-refractivity contribution in [2.24, 2.45) is 28.2 Å². The molecule has 0 atom stereocenters. The third-order valence-corrected chi connectivity index (χ3v) is 7.25. The Kier molecular flexibility index (Phi) is 12.8. The summed E-state index contributed by atoms with van der Waals surface area (Å²) in [6.07, 6.45) is 25.2. The van der Waals surface area contributed by atoms with Gasteiger partial charge in [-0.15, -0.1) is 11.3 Å². The maximum Gasteiger partial charge on any atom is 3.00 e. The molecular formula is C33H34N12RuS+3. The Balaban J connectivity index is 0.000000163. The van der Waals surface area contributed by atoms with Crippen LogP contribution in [0.1, 0.15) is 0 Å². The number of nitrogens with zero attached hydrogens (tertiary/aromatic N) is 11. The summed E-state index contributed by atoms with van der Waals surface area (Å²) in [6.45, 7) is 0. The van der Waals surface area contributed by atoms with E-state index in [0.29, 0.717) is 0 Å². The SMILES string of the molecule is Cn1ccnc1.Cn1ccnc1.Cn1ccnc1.Cn1ccnc1.[Ru+3].c1csc(-c2nc3c4cccnc4c4ncccc4c3[nH]2)c1. The topological polar surface area (TPSA) is 126 Å². The van der Waals surface area contributed by atoms with Crippen LogP contribution in [0.3, 0.4) is 0 Å². The average molecular weight is 732 g/mol. The van der Waals surface area contributed by atoms with Crippen LogP contribution in [0, 0.1) is 0 Å². The average Bonchev–Trinajstić information content (AvgIpc) is 3.92. The second-order valence-corrected chi connectivity index (χ2v) is 10.9. The van der Waals surface area contributed by atoms with Crippen LogP contribution >= 0.6 is 11.3 Å². The van der Waals surface area contributed by atoms with Gasteiger partial charge in [0.05, 0.1) is 52.3 Å². The Bertz CT molecular complexity index is 1930. The molecule has 0 saturated heterocycles. The second-order valence-electron chi connectivity index (χ2n) is 10.00. The molecule has 0 spiro atoms. The Morgan fingerprint density at radius 1 is 0.553 bits per heavy atom. The third kappa shape index (κ3) is 9.58. The number of rotatable bonds is 1. The number of imidazole rings is 5. The van der Waals surface area contributed by atoms with Crippen molar-refractivity contribution in [3.05, 3.63) is 129 Å². The maximum absolute atomic E-state index is 4.82. The van der Waals surface area contributed by atoms with E-state index >= 15 is 0 Å². The molecule has 0 unspecified atom stereocenters. The van der Waals surface area contributed by atoms with Gasteiger partial charge in [0.1, 0.15) is 5.82 Å². The molecule has 0 aliphatic carbocycles. The van der Waals surface area contributed by atoms with E-state index in [9.17, 15) is 0 Å². The fraction of sp³-hybridized carbons (Fsp3) is 0.121. The molecule has 0 aliphatic rings. The predicted octanol–water partition coefficient (Wildman–Crippen LogP) is 6.07. The molecule has 1 aromatic carbocycles. The summed E-state index contributed by atoms with van der Waals surface area (Å²) in [5.41, 5.74) is 3.78. The summed E-state index contributed by atoms with van der Waals surface area (Å²) in [5.74, 6) is 0.895. The second kappa shape index (κ2) is 17.4. The van der Waals surface area contributed by atoms with Crippen molar-refractivity contribution in [3.63, 3.8) is 0 Å². The van der Waals surface area contributed by atoms with Gasteiger partial charge in [-0.25, -0.2) is 24.9 Å². The standard InChI is InChI=1S/C17H10N4S.4C4H6N2.Ru/c1-4-10-13(18-7-1)14-11(5-2-8-19-14)16-15(10)20-17(21-16)12-6-3-9-22-12;4*1-6-3-2-5-4-6;/h1-9H,(H,20,21);4*2-4H,1H3;/q;;;;;+3. The summed E-state index contributed by atoms with van der Waals surface area (Å²) in [4.78, 5) is 33.6. The largest absolute Gasteiger partial charge is 3.00 e. The van der Waals surface area contributed by atoms with Crippen LogP contribution in [-0.4, -0.2) is 58.1 Å². The van der Waals surface area contributed by atoms with Gasteiger partial charge in [0, 0.05) is 101 Å². The minimum Gasteiger partial charge on any atom is -0.341 e. The molecule has 1 N–H and O–H groups in total. The van der Waals surface area contributed by atoms with Gasteiger partial charge in [-0.05, 0) is 35.7 Å². The first-order valence-electron chi connectivity index (χ1n) is 14.2. The van der Waals surface area contributed by atoms with Gasteiger partial charge in [0.2, 0.25) is 0 Å². The van der Waals surface area contributed by atoms with E-state index < -0.39 is 0 Å². The summed E-state index contributed by atoms with van der Waals surface area (Å²) < 4.78 is 7.56. The molecule has 0 bridgehead atoms. The first kappa shape index (κ1) is 34.5. The number of aryl methyl sites for hydroxylation is 4. The number of hydrogen-bond acceptors (Lipinski definition) is 8. The van der Waals surface area contributed by atoms with Crippen molar-refractivity contribution in [2.75, 3.05) is 0 Å². The normalized spacial score (nSPS) is 9.96. The zero-order valence-corrected chi connectivity index (χ0v) is 28.9. The van der Waals surface area contributed by atoms with Gasteiger partial charge >= 0.3 is 19.5 Å². The van der Waals surface area contributed by atoms with Crippen molar-refractivity contribution < 1.29 is 19.5 Å². The number of nitrogens with one attached hydrogen (secondary N) is 1. The van der Waals surface area contributed by atoms with Gasteiger partial charge < -0.3 is 23.3 Å². The molecule has 8 heterocycles. The minimum atomic E-state index is 0. The summed E-state index contributed by atoms with van der Waals surface area (Å²) in [6, 6.07) is 12.1. The smallest absolute Gasteiger partial charge is 0.341 e. The molecule has 1 radical (unpaired) electrons. The Morgan fingerprint density at radius 3 is 1.40 bits per heavy atom. The van der Waals surface area contributed by atoms with E-state index in [4.69, 9.17) is 4.98 Å². The number of hydrogen-bond donors (Lipinski definition) is 1. The van der Waals surface area contributed by atoms with Crippen molar-refractivity contribution in [3.8, 4) is 10.7 Å². The molecule has 9 aromatic rings. The number of aromatic amines is 1. The van der Waals surface area contributed by atoms with Crippen LogP contribution in [-0.2, 0) is 47.7 Å². The van der Waals surface area contributed by atoms with E-state index in [1.54, 1.807) is 73.8 Å². The number of benzene rings is 1. The van der Waals surface area contributed by atoms with Crippen LogP contribution in [0.25, 0.3) is 43.5 Å². The van der Waals surface area contributed by atoms with Gasteiger partial charge in [0.15, 0.2) is 0 Å². The fourth-order valence-electron chi connectivity index (χ4n) is 4.18. The van der Waals surface area contributed by atoms with Gasteiger partial charge in [0.25, 0.3) is 0 Å². The molecule has 0 aliphatic heterocycles. The molecule has 47 heavy (non-hydrogen) atoms. The third-order valence-electron chi connectivity index (χ3n) is 6.37. The van der Waals surface area contributed by atoms with Crippen molar-refractivity contribution in [2.45, 2.75) is 0 Å². The van der Waals surface area contributed by atoms with Crippen LogP contribution in [0.4, 0.5) is 0 Å². The summed E-state index contributed by atoms with van der Waals surface area (Å²) in [7, 11) is 7.75. The van der Waals surface area contributed by atoms with Gasteiger partial charge in [-0.1, -0.05) is 6.07 Å². The molecule has 9 rings (SSSR count). The molecular weight excluding hydrogens is 698 g/mol. The van der Waals surface area contributed by atoms with Crippen LogP contribution < -0.4 is 0 Å². The zero-order valence-electron chi connectivity index (χ0n) is 26.3. The number of thiophene rings is 1. The Labute approximate surface area is 288 Å². The molecule has 14 heteroatoms. The summed E-state index contributed by atoms with van der Waals surface area (Å²) in [5, 5.41) is 4.14. The van der Waals surface area contributed by atoms with Crippen LogP contribution in [0.15, 0.2) is 129 Å². The minimum absolute atomic E-state index is 0. The number of aromatic nitrogens is 12. The van der Waals surface area contributed by atoms with Crippen molar-refractivity contribution in [1.29, 1.82) is 0 Å². The van der Waals surface area contributed by atoms with Gasteiger partial charge in [-0.3, -0.25) is 9.97 Å². The van der Waals surface area contributed by atoms with E-state index in [1.807, 2.05) is 89.4 Å². The molecule has 0 fully saturated rings. The molecule has 8 aromatic heterocycles. The van der Waals surface area contributed by atoms with Crippen LogP contribution in [0.5, 0.6) is 0 Å². The first-order chi connectivity index (χ1) is 22.5. The van der Waals surface area contributed by atoms with E-state index in [1.165, 1.54) is 0 Å². The van der Waals surface area contributed by atoms with Gasteiger partial charge in [-0.2, -0.15) is 0 Å².